The Morgan fingerprint density at radius 3 is 2.54 bits per heavy atom. The van der Waals surface area contributed by atoms with Crippen LogP contribution in [0.25, 0.3) is 5.69 Å². The topological polar surface area (TPSA) is 84.2 Å². The molecule has 1 aromatic heterocycles. The molecule has 0 aliphatic carbocycles. The lowest BCUT2D eigenvalue weighted by Gasteiger charge is -2.13. The van der Waals surface area contributed by atoms with E-state index in [1.54, 1.807) is 17.8 Å². The molecule has 2 rings (SSSR count). The van der Waals surface area contributed by atoms with Crippen molar-refractivity contribution in [1.82, 2.24) is 15.1 Å². The molecule has 2 N–H and O–H groups in total. The summed E-state index contributed by atoms with van der Waals surface area (Å²) in [4.78, 5) is 23.1. The quantitative estimate of drug-likeness (QED) is 0.818. The predicted octanol–water partition coefficient (Wildman–Crippen LogP) is 2.73. The standard InChI is InChI=1S/C18H23N3O3/c1-4-16-15(18(24)20-13(3)7-10-17(22)23)11-19-21(16)14-8-5-12(2)6-9-14/h5-6,8-9,11,13H,4,7,10H2,1-3H3,(H,20,24)(H,22,23)/t13-/m1/s1. The van der Waals surface area contributed by atoms with Gasteiger partial charge in [0.2, 0.25) is 0 Å². The summed E-state index contributed by atoms with van der Waals surface area (Å²) in [5.74, 6) is -1.08. The van der Waals surface area contributed by atoms with E-state index in [0.29, 0.717) is 18.4 Å². The molecule has 2 aromatic rings. The van der Waals surface area contributed by atoms with Gasteiger partial charge >= 0.3 is 5.97 Å². The van der Waals surface area contributed by atoms with Crippen LogP contribution < -0.4 is 5.32 Å². The lowest BCUT2D eigenvalue weighted by atomic mass is 10.1. The fraction of sp³-hybridized carbons (Fsp3) is 0.389. The van der Waals surface area contributed by atoms with E-state index >= 15 is 0 Å². The number of carboxylic acids is 1. The molecule has 0 saturated heterocycles. The number of hydrogen-bond donors (Lipinski definition) is 2. The number of benzene rings is 1. The van der Waals surface area contributed by atoms with E-state index in [1.165, 1.54) is 0 Å². The van der Waals surface area contributed by atoms with E-state index in [2.05, 4.69) is 10.4 Å². The molecule has 0 radical (unpaired) electrons. The van der Waals surface area contributed by atoms with Gasteiger partial charge in [-0.3, -0.25) is 9.59 Å². The minimum Gasteiger partial charge on any atom is -0.481 e. The number of nitrogens with one attached hydrogen (secondary N) is 1. The molecule has 0 unspecified atom stereocenters. The van der Waals surface area contributed by atoms with Crippen molar-refractivity contribution in [2.75, 3.05) is 0 Å². The van der Waals surface area contributed by atoms with Gasteiger partial charge in [0, 0.05) is 12.5 Å². The molecular formula is C18H23N3O3. The highest BCUT2D eigenvalue weighted by atomic mass is 16.4. The van der Waals surface area contributed by atoms with Crippen LogP contribution in [0.4, 0.5) is 0 Å². The number of aryl methyl sites for hydroxylation is 1. The van der Waals surface area contributed by atoms with Crippen LogP contribution in [-0.2, 0) is 11.2 Å². The third-order valence-corrected chi connectivity index (χ3v) is 3.90. The molecule has 128 valence electrons. The van der Waals surface area contributed by atoms with E-state index in [1.807, 2.05) is 38.1 Å². The van der Waals surface area contributed by atoms with Crippen molar-refractivity contribution in [3.63, 3.8) is 0 Å². The van der Waals surface area contributed by atoms with Gasteiger partial charge in [0.25, 0.3) is 5.91 Å². The largest absolute Gasteiger partial charge is 0.481 e. The second kappa shape index (κ2) is 7.77. The molecule has 1 heterocycles. The Labute approximate surface area is 141 Å². The summed E-state index contributed by atoms with van der Waals surface area (Å²) in [5, 5.41) is 15.9. The van der Waals surface area contributed by atoms with E-state index in [9.17, 15) is 9.59 Å². The van der Waals surface area contributed by atoms with E-state index in [0.717, 1.165) is 16.9 Å². The van der Waals surface area contributed by atoms with E-state index in [4.69, 9.17) is 5.11 Å². The molecular weight excluding hydrogens is 306 g/mol. The van der Waals surface area contributed by atoms with Gasteiger partial charge in [-0.1, -0.05) is 24.6 Å². The number of carbonyl (C=O) groups is 2. The number of amides is 1. The van der Waals surface area contributed by atoms with Gasteiger partial charge in [-0.2, -0.15) is 5.10 Å². The Bertz CT molecular complexity index is 720. The first-order chi connectivity index (χ1) is 11.4. The second-order valence-corrected chi connectivity index (χ2v) is 5.91. The highest BCUT2D eigenvalue weighted by Gasteiger charge is 2.18. The van der Waals surface area contributed by atoms with Gasteiger partial charge in [0.05, 0.1) is 23.1 Å². The van der Waals surface area contributed by atoms with Gasteiger partial charge in [-0.05, 0) is 38.8 Å². The first-order valence-electron chi connectivity index (χ1n) is 8.09. The van der Waals surface area contributed by atoms with Crippen molar-refractivity contribution in [2.24, 2.45) is 0 Å². The van der Waals surface area contributed by atoms with Gasteiger partial charge < -0.3 is 10.4 Å². The lowest BCUT2D eigenvalue weighted by Crippen LogP contribution is -2.33. The first-order valence-corrected chi connectivity index (χ1v) is 8.09. The number of carboxylic acid groups (broad SMARTS) is 1. The molecule has 6 nitrogen and oxygen atoms in total. The van der Waals surface area contributed by atoms with Gasteiger partial charge in [0.15, 0.2) is 0 Å². The van der Waals surface area contributed by atoms with E-state index in [-0.39, 0.29) is 18.4 Å². The minimum absolute atomic E-state index is 0.0325. The summed E-state index contributed by atoms with van der Waals surface area (Å²) in [6, 6.07) is 7.74. The number of aliphatic carboxylic acids is 1. The van der Waals surface area contributed by atoms with E-state index < -0.39 is 5.97 Å². The van der Waals surface area contributed by atoms with Gasteiger partial charge in [-0.25, -0.2) is 4.68 Å². The van der Waals surface area contributed by atoms with Crippen molar-refractivity contribution in [1.29, 1.82) is 0 Å². The highest BCUT2D eigenvalue weighted by Crippen LogP contribution is 2.17. The maximum Gasteiger partial charge on any atom is 0.303 e. The van der Waals surface area contributed by atoms with Crippen molar-refractivity contribution in [3.8, 4) is 5.69 Å². The molecule has 0 spiro atoms. The van der Waals surface area contributed by atoms with Crippen LogP contribution in [-0.4, -0.2) is 32.8 Å². The Hall–Kier alpha value is -2.63. The van der Waals surface area contributed by atoms with Crippen LogP contribution in [0.1, 0.15) is 48.3 Å². The summed E-state index contributed by atoms with van der Waals surface area (Å²) in [6.45, 7) is 5.80. The molecule has 0 aliphatic heterocycles. The van der Waals surface area contributed by atoms with Gasteiger partial charge in [-0.15, -0.1) is 0 Å². The summed E-state index contributed by atoms with van der Waals surface area (Å²) in [6.07, 6.45) is 2.66. The first kappa shape index (κ1) is 17.7. The Morgan fingerprint density at radius 1 is 1.29 bits per heavy atom. The van der Waals surface area contributed by atoms with Crippen LogP contribution in [0.2, 0.25) is 0 Å². The highest BCUT2D eigenvalue weighted by molar-refractivity contribution is 5.95. The summed E-state index contributed by atoms with van der Waals surface area (Å²) in [7, 11) is 0. The number of nitrogens with zero attached hydrogens (tertiary/aromatic N) is 2. The predicted molar refractivity (Wildman–Crippen MR) is 91.5 cm³/mol. The Morgan fingerprint density at radius 2 is 1.96 bits per heavy atom. The number of rotatable bonds is 7. The second-order valence-electron chi connectivity index (χ2n) is 5.91. The molecule has 0 bridgehead atoms. The maximum absolute atomic E-state index is 12.5. The number of carbonyl (C=O) groups excluding carboxylic acids is 1. The summed E-state index contributed by atoms with van der Waals surface area (Å²) >= 11 is 0. The van der Waals surface area contributed by atoms with Crippen molar-refractivity contribution >= 4 is 11.9 Å². The van der Waals surface area contributed by atoms with Crippen molar-refractivity contribution < 1.29 is 14.7 Å². The SMILES string of the molecule is CCc1c(C(=O)N[C@H](C)CCC(=O)O)cnn1-c1ccc(C)cc1. The zero-order chi connectivity index (χ0) is 17.7. The average molecular weight is 329 g/mol. The van der Waals surface area contributed by atoms with Crippen LogP contribution in [0, 0.1) is 6.92 Å². The Kier molecular flexibility index (Phi) is 5.73. The monoisotopic (exact) mass is 329 g/mol. The maximum atomic E-state index is 12.5. The number of hydrogen-bond acceptors (Lipinski definition) is 3. The van der Waals surface area contributed by atoms with Crippen LogP contribution in [0.15, 0.2) is 30.5 Å². The third-order valence-electron chi connectivity index (χ3n) is 3.90. The zero-order valence-corrected chi connectivity index (χ0v) is 14.2. The molecule has 0 aliphatic rings. The van der Waals surface area contributed by atoms with Crippen molar-refractivity contribution in [3.05, 3.63) is 47.3 Å². The fourth-order valence-corrected chi connectivity index (χ4v) is 2.53. The fourth-order valence-electron chi connectivity index (χ4n) is 2.53. The Balaban J connectivity index is 2.17. The summed E-state index contributed by atoms with van der Waals surface area (Å²) in [5.41, 5.74) is 3.44. The molecule has 0 fully saturated rings. The van der Waals surface area contributed by atoms with Crippen molar-refractivity contribution in [2.45, 2.75) is 46.1 Å². The van der Waals surface area contributed by atoms with Crippen LogP contribution >= 0.6 is 0 Å². The minimum atomic E-state index is -0.863. The summed E-state index contributed by atoms with van der Waals surface area (Å²) < 4.78 is 1.77. The molecule has 0 saturated carbocycles. The normalized spacial score (nSPS) is 12.0. The average Bonchev–Trinajstić information content (AvgIpc) is 2.97. The van der Waals surface area contributed by atoms with Crippen LogP contribution in [0.3, 0.4) is 0 Å². The smallest absolute Gasteiger partial charge is 0.303 e. The molecule has 6 heteroatoms. The third kappa shape index (κ3) is 4.22. The molecule has 1 amide bonds. The van der Waals surface area contributed by atoms with Gasteiger partial charge in [0.1, 0.15) is 0 Å². The lowest BCUT2D eigenvalue weighted by molar-refractivity contribution is -0.137. The molecule has 1 aromatic carbocycles. The molecule has 24 heavy (non-hydrogen) atoms. The van der Waals surface area contributed by atoms with Crippen LogP contribution in [0.5, 0.6) is 0 Å². The molecule has 1 atom stereocenters. The zero-order valence-electron chi connectivity index (χ0n) is 14.2. The number of aromatic nitrogens is 2.